The first-order chi connectivity index (χ1) is 23.7. The Morgan fingerprint density at radius 2 is 1.63 bits per heavy atom. The molecule has 5 fully saturated rings. The van der Waals surface area contributed by atoms with Gasteiger partial charge in [0.05, 0.1) is 17.9 Å². The number of carboxylic acids is 1. The summed E-state index contributed by atoms with van der Waals surface area (Å²) in [5.74, 6) is 0.874. The van der Waals surface area contributed by atoms with E-state index >= 15 is 0 Å². The summed E-state index contributed by atoms with van der Waals surface area (Å²) in [5.41, 5.74) is 6.69. The van der Waals surface area contributed by atoms with Crippen LogP contribution in [0.15, 0.2) is 11.1 Å². The molecule has 6 rings (SSSR count). The van der Waals surface area contributed by atoms with Gasteiger partial charge >= 0.3 is 11.9 Å². The van der Waals surface area contributed by atoms with Crippen molar-refractivity contribution in [3.63, 3.8) is 0 Å². The molecule has 0 radical (unpaired) electrons. The van der Waals surface area contributed by atoms with E-state index in [2.05, 4.69) is 53.4 Å². The molecule has 0 aliphatic heterocycles. The Hall–Kier alpha value is -1.77. The third-order valence-electron chi connectivity index (χ3n) is 16.6. The lowest BCUT2D eigenvalue weighted by molar-refractivity contribution is -0.235. The predicted molar refractivity (Wildman–Crippen MR) is 200 cm³/mol. The van der Waals surface area contributed by atoms with Crippen LogP contribution in [0.25, 0.3) is 0 Å². The third-order valence-corrected chi connectivity index (χ3v) is 16.6. The molecule has 6 aliphatic carbocycles. The van der Waals surface area contributed by atoms with Crippen LogP contribution in [0, 0.1) is 62.1 Å². The quantitative estimate of drug-likeness (QED) is 0.179. The van der Waals surface area contributed by atoms with Gasteiger partial charge in [0.2, 0.25) is 0 Å². The zero-order valence-corrected chi connectivity index (χ0v) is 33.4. The van der Waals surface area contributed by atoms with Crippen LogP contribution in [0.2, 0.25) is 0 Å². The molecule has 0 amide bonds. The van der Waals surface area contributed by atoms with Crippen molar-refractivity contribution in [2.24, 2.45) is 67.8 Å². The number of nitrogens with zero attached hydrogens (tertiary/aromatic N) is 1. The van der Waals surface area contributed by atoms with Gasteiger partial charge < -0.3 is 20.7 Å². The van der Waals surface area contributed by atoms with Gasteiger partial charge in [-0.2, -0.15) is 0 Å². The number of aliphatic hydroxyl groups is 1. The summed E-state index contributed by atoms with van der Waals surface area (Å²) in [6, 6.07) is 0. The van der Waals surface area contributed by atoms with Gasteiger partial charge in [0.25, 0.3) is 0 Å². The maximum atomic E-state index is 14.1. The third kappa shape index (κ3) is 6.17. The van der Waals surface area contributed by atoms with E-state index in [4.69, 9.17) is 10.5 Å². The van der Waals surface area contributed by atoms with Gasteiger partial charge in [-0.05, 0) is 129 Å². The van der Waals surface area contributed by atoms with Gasteiger partial charge in [0, 0.05) is 43.4 Å². The summed E-state index contributed by atoms with van der Waals surface area (Å²) in [6.45, 7) is 22.7. The number of allylic oxidation sites excluding steroid dienone is 1. The molecule has 0 heterocycles. The minimum atomic E-state index is -1.16. The van der Waals surface area contributed by atoms with E-state index in [-0.39, 0.29) is 51.8 Å². The molecule has 0 aromatic rings. The van der Waals surface area contributed by atoms with Gasteiger partial charge in [-0.3, -0.25) is 19.3 Å². The van der Waals surface area contributed by atoms with Gasteiger partial charge in [-0.15, -0.1) is 0 Å². The summed E-state index contributed by atoms with van der Waals surface area (Å²) < 4.78 is 6.17. The van der Waals surface area contributed by atoms with Crippen molar-refractivity contribution in [1.29, 1.82) is 0 Å². The van der Waals surface area contributed by atoms with Crippen molar-refractivity contribution in [3.8, 4) is 0 Å². The number of aliphatic hydroxyl groups excluding tert-OH is 1. The predicted octanol–water partition coefficient (Wildman–Crippen LogP) is 7.41. The number of aliphatic carboxylic acids is 1. The van der Waals surface area contributed by atoms with Crippen molar-refractivity contribution in [2.45, 2.75) is 152 Å². The molecular formula is C43H70N2O6. The Kier molecular flexibility index (Phi) is 10.1. The van der Waals surface area contributed by atoms with E-state index in [1.54, 1.807) is 13.8 Å². The number of carboxylic acid groups (broad SMARTS) is 1. The van der Waals surface area contributed by atoms with Gasteiger partial charge in [-0.1, -0.05) is 54.0 Å². The van der Waals surface area contributed by atoms with Crippen molar-refractivity contribution in [2.75, 3.05) is 26.2 Å². The van der Waals surface area contributed by atoms with Crippen molar-refractivity contribution in [3.05, 3.63) is 11.1 Å². The lowest BCUT2D eigenvalue weighted by Crippen LogP contribution is -2.66. The molecule has 0 bridgehead atoms. The molecule has 9 atom stereocenters. The molecule has 288 valence electrons. The molecule has 51 heavy (non-hydrogen) atoms. The van der Waals surface area contributed by atoms with E-state index in [0.717, 1.165) is 70.0 Å². The fraction of sp³-hybridized carbons (Fsp3) is 0.884. The van der Waals surface area contributed by atoms with Crippen LogP contribution in [-0.2, 0) is 19.1 Å². The number of ether oxygens (including phenoxy) is 1. The van der Waals surface area contributed by atoms with E-state index in [9.17, 15) is 24.6 Å². The average molecular weight is 711 g/mol. The van der Waals surface area contributed by atoms with E-state index in [1.807, 2.05) is 0 Å². The lowest BCUT2D eigenvalue weighted by Gasteiger charge is -2.72. The normalized spacial score (nSPS) is 39.7. The van der Waals surface area contributed by atoms with Gasteiger partial charge in [0.1, 0.15) is 6.10 Å². The molecule has 4 N–H and O–H groups in total. The first-order valence-electron chi connectivity index (χ1n) is 20.5. The summed E-state index contributed by atoms with van der Waals surface area (Å²) in [6.07, 6.45) is 9.99. The number of hydrogen-bond acceptors (Lipinski definition) is 7. The van der Waals surface area contributed by atoms with Gasteiger partial charge in [0.15, 0.2) is 5.78 Å². The molecule has 0 saturated heterocycles. The Morgan fingerprint density at radius 3 is 2.24 bits per heavy atom. The van der Waals surface area contributed by atoms with E-state index in [1.165, 1.54) is 18.4 Å². The Balaban J connectivity index is 1.28. The smallest absolute Gasteiger partial charge is 0.309 e. The standard InChI is InChI=1S/C43H70N2O6/c1-26(2)35-29(46)22-43(32(47)25-45(21-20-44)24-27-10-11-27)19-18-41(8)28(36(35)43)12-13-31-40(7)16-15-33(51-34(48)23-38(3,4)37(49)50)39(5,6)30(40)14-17-42(31,41)9/h26-28,30-33,47H,10-25,44H2,1-9H3,(H,49,50)/t28-,30?,31?,32?,33+,40+,41-,42-,43?/m1/s1. The van der Waals surface area contributed by atoms with Crippen LogP contribution in [0.4, 0.5) is 0 Å². The Morgan fingerprint density at radius 1 is 0.941 bits per heavy atom. The Labute approximate surface area is 308 Å². The number of carbonyl (C=O) groups is 3. The van der Waals surface area contributed by atoms with Crippen LogP contribution in [0.5, 0.6) is 0 Å². The molecule has 8 heteroatoms. The zero-order chi connectivity index (χ0) is 37.5. The molecule has 0 spiro atoms. The highest BCUT2D eigenvalue weighted by molar-refractivity contribution is 6.00. The van der Waals surface area contributed by atoms with Crippen LogP contribution in [0.1, 0.15) is 139 Å². The average Bonchev–Trinajstić information content (AvgIpc) is 3.78. The number of hydrogen-bond donors (Lipinski definition) is 3. The number of carbonyl (C=O) groups excluding carboxylic acids is 2. The van der Waals surface area contributed by atoms with Gasteiger partial charge in [-0.25, -0.2) is 0 Å². The lowest BCUT2D eigenvalue weighted by atomic mass is 9.33. The fourth-order valence-corrected chi connectivity index (χ4v) is 13.4. The maximum absolute atomic E-state index is 14.1. The minimum Gasteiger partial charge on any atom is -0.481 e. The van der Waals surface area contributed by atoms with Crippen LogP contribution in [-0.4, -0.2) is 71.2 Å². The van der Waals surface area contributed by atoms with Crippen molar-refractivity contribution >= 4 is 17.7 Å². The largest absolute Gasteiger partial charge is 0.481 e. The maximum Gasteiger partial charge on any atom is 0.309 e. The second-order valence-corrected chi connectivity index (χ2v) is 20.6. The number of fused-ring (bicyclic) bond motifs is 7. The molecular weight excluding hydrogens is 640 g/mol. The summed E-state index contributed by atoms with van der Waals surface area (Å²) in [4.78, 5) is 41.3. The molecule has 4 unspecified atom stereocenters. The van der Waals surface area contributed by atoms with E-state index in [0.29, 0.717) is 37.3 Å². The highest BCUT2D eigenvalue weighted by Crippen LogP contribution is 2.77. The minimum absolute atomic E-state index is 0.00798. The highest BCUT2D eigenvalue weighted by atomic mass is 16.5. The highest BCUT2D eigenvalue weighted by Gasteiger charge is 2.71. The van der Waals surface area contributed by atoms with E-state index < -0.39 is 28.9 Å². The summed E-state index contributed by atoms with van der Waals surface area (Å²) in [7, 11) is 0. The molecule has 0 aromatic heterocycles. The zero-order valence-electron chi connectivity index (χ0n) is 33.4. The molecule has 0 aromatic carbocycles. The summed E-state index contributed by atoms with van der Waals surface area (Å²) in [5, 5.41) is 22.0. The number of Topliss-reactive ketones (excluding diaryl/α,β-unsaturated/α-hetero) is 1. The van der Waals surface area contributed by atoms with Crippen LogP contribution in [0.3, 0.4) is 0 Å². The van der Waals surface area contributed by atoms with Crippen molar-refractivity contribution < 1.29 is 29.3 Å². The fourth-order valence-electron chi connectivity index (χ4n) is 13.4. The monoisotopic (exact) mass is 711 g/mol. The first-order valence-corrected chi connectivity index (χ1v) is 20.5. The topological polar surface area (TPSA) is 130 Å². The number of ketones is 1. The van der Waals surface area contributed by atoms with Crippen LogP contribution < -0.4 is 5.73 Å². The van der Waals surface area contributed by atoms with Crippen molar-refractivity contribution in [1.82, 2.24) is 4.90 Å². The second-order valence-electron chi connectivity index (χ2n) is 20.6. The summed E-state index contributed by atoms with van der Waals surface area (Å²) >= 11 is 0. The van der Waals surface area contributed by atoms with Crippen LogP contribution >= 0.6 is 0 Å². The molecule has 5 saturated carbocycles. The molecule has 8 nitrogen and oxygen atoms in total. The number of esters is 1. The molecule has 6 aliphatic rings. The Bertz CT molecular complexity index is 1430. The number of nitrogens with two attached hydrogens (primary N) is 1. The first kappa shape index (κ1) is 38.9. The second kappa shape index (κ2) is 13.2. The number of rotatable bonds is 12. The SMILES string of the molecule is CC(C)C1=C2[C@H]3CCC4[C@@]5(C)CC[C@H](OC(=O)CC(C)(C)C(=O)O)C(C)(C)C5CC[C@@]4(C)[C@]3(C)CCC2(C(O)CN(CCN)CC2CC2)CC1=O.